The molecule has 9 nitrogen and oxygen atoms in total. The van der Waals surface area contributed by atoms with Crippen LogP contribution in [0.3, 0.4) is 0 Å². The molecular weight excluding hydrogens is 442 g/mol. The van der Waals surface area contributed by atoms with Gasteiger partial charge in [-0.3, -0.25) is 8.37 Å². The average molecular weight is 455 g/mol. The third-order valence-electron chi connectivity index (χ3n) is 2.07. The summed E-state index contributed by atoms with van der Waals surface area (Å²) in [4.78, 5) is 3.71. The smallest absolute Gasteiger partial charge is 0.264 e. The summed E-state index contributed by atoms with van der Waals surface area (Å²) in [5.41, 5.74) is 0. The normalized spacial score (nSPS) is 13.7. The Morgan fingerprint density at radius 3 is 2.39 bits per heavy atom. The highest BCUT2D eigenvalue weighted by atomic mass is 79.9. The molecule has 1 N–H and O–H groups in total. The molecule has 0 saturated carbocycles. The number of pyridine rings is 1. The molecule has 0 aliphatic carbocycles. The molecule has 132 valence electrons. The first-order chi connectivity index (χ1) is 10.4. The first-order valence-corrected chi connectivity index (χ1v) is 10.6. The number of hydrogen-bond donors (Lipinski definition) is 1. The molecule has 23 heavy (non-hydrogen) atoms. The van der Waals surface area contributed by atoms with Crippen molar-refractivity contribution < 1.29 is 35.0 Å². The summed E-state index contributed by atoms with van der Waals surface area (Å²) in [5, 5.41) is 9.76. The van der Waals surface area contributed by atoms with Crippen molar-refractivity contribution >= 4 is 47.8 Å². The van der Waals surface area contributed by atoms with E-state index in [9.17, 15) is 21.9 Å². The Morgan fingerprint density at radius 2 is 1.87 bits per heavy atom. The van der Waals surface area contributed by atoms with E-state index in [1.165, 1.54) is 6.07 Å². The molecule has 1 aromatic heterocycles. The van der Waals surface area contributed by atoms with Crippen LogP contribution in [-0.2, 0) is 28.6 Å². The number of hydrogen-bond acceptors (Lipinski definition) is 9. The maximum Gasteiger partial charge on any atom is 0.264 e. The molecular formula is C10H13BrClNO8S2. The van der Waals surface area contributed by atoms with Crippen molar-refractivity contribution in [2.24, 2.45) is 0 Å². The molecule has 0 aromatic carbocycles. The molecule has 1 atom stereocenters. The molecule has 1 aromatic rings. The molecule has 0 spiro atoms. The summed E-state index contributed by atoms with van der Waals surface area (Å²) in [7, 11) is -7.70. The van der Waals surface area contributed by atoms with Gasteiger partial charge in [-0.15, -0.1) is 0 Å². The van der Waals surface area contributed by atoms with Gasteiger partial charge in [0.25, 0.3) is 26.1 Å². The second-order valence-corrected chi connectivity index (χ2v) is 8.79. The van der Waals surface area contributed by atoms with Crippen molar-refractivity contribution in [3.63, 3.8) is 0 Å². The van der Waals surface area contributed by atoms with Gasteiger partial charge in [-0.25, -0.2) is 0 Å². The number of ether oxygens (including phenoxy) is 1. The minimum atomic E-state index is -3.89. The predicted octanol–water partition coefficient (Wildman–Crippen LogP) is 0.903. The monoisotopic (exact) mass is 453 g/mol. The van der Waals surface area contributed by atoms with Crippen molar-refractivity contribution in [3.8, 4) is 11.6 Å². The maximum atomic E-state index is 11.2. The van der Waals surface area contributed by atoms with Crippen LogP contribution in [0.5, 0.6) is 11.6 Å². The lowest BCUT2D eigenvalue weighted by atomic mass is 10.4. The Morgan fingerprint density at radius 1 is 1.26 bits per heavy atom. The lowest BCUT2D eigenvalue weighted by Gasteiger charge is -2.16. The molecule has 0 unspecified atom stereocenters. The largest absolute Gasteiger partial charge is 0.502 e. The van der Waals surface area contributed by atoms with Crippen LogP contribution in [0.4, 0.5) is 0 Å². The van der Waals surface area contributed by atoms with Crippen LogP contribution in [-0.4, -0.2) is 58.8 Å². The second kappa shape index (κ2) is 7.94. The number of aromatic nitrogens is 1. The van der Waals surface area contributed by atoms with E-state index in [0.717, 1.165) is 12.5 Å². The van der Waals surface area contributed by atoms with E-state index in [1.807, 2.05) is 0 Å². The first kappa shape index (κ1) is 20.4. The fourth-order valence-corrected chi connectivity index (χ4v) is 2.99. The van der Waals surface area contributed by atoms with Crippen molar-refractivity contribution in [1.29, 1.82) is 0 Å². The van der Waals surface area contributed by atoms with Crippen molar-refractivity contribution in [3.05, 3.63) is 15.7 Å². The number of rotatable bonds is 8. The number of halogens is 2. The Labute approximate surface area is 146 Å². The molecule has 0 amide bonds. The fourth-order valence-electron chi connectivity index (χ4n) is 1.28. The van der Waals surface area contributed by atoms with Crippen LogP contribution in [0.15, 0.2) is 10.5 Å². The van der Waals surface area contributed by atoms with Crippen molar-refractivity contribution in [2.45, 2.75) is 6.10 Å². The highest BCUT2D eigenvalue weighted by Gasteiger charge is 2.21. The number of aromatic hydroxyl groups is 1. The van der Waals surface area contributed by atoms with Gasteiger partial charge in [0.15, 0.2) is 5.75 Å². The van der Waals surface area contributed by atoms with Crippen LogP contribution in [0.2, 0.25) is 5.15 Å². The summed E-state index contributed by atoms with van der Waals surface area (Å²) >= 11 is 8.73. The number of nitrogens with zero attached hydrogens (tertiary/aromatic N) is 1. The van der Waals surface area contributed by atoms with E-state index in [1.54, 1.807) is 0 Å². The average Bonchev–Trinajstić information content (AvgIpc) is 2.35. The Bertz CT molecular complexity index is 767. The summed E-state index contributed by atoms with van der Waals surface area (Å²) in [6.07, 6.45) is 0.303. The van der Waals surface area contributed by atoms with Crippen LogP contribution in [0.25, 0.3) is 0 Å². The fraction of sp³-hybridized carbons (Fsp3) is 0.500. The molecule has 0 aliphatic heterocycles. The van der Waals surface area contributed by atoms with Crippen molar-refractivity contribution in [1.82, 2.24) is 4.98 Å². The van der Waals surface area contributed by atoms with Gasteiger partial charge >= 0.3 is 0 Å². The highest BCUT2D eigenvalue weighted by Crippen LogP contribution is 2.34. The summed E-state index contributed by atoms with van der Waals surface area (Å²) < 4.78 is 58.8. The van der Waals surface area contributed by atoms with Gasteiger partial charge in [-0.2, -0.15) is 21.8 Å². The topological polar surface area (TPSA) is 129 Å². The van der Waals surface area contributed by atoms with Gasteiger partial charge in [0, 0.05) is 0 Å². The molecule has 1 heterocycles. The summed E-state index contributed by atoms with van der Waals surface area (Å²) in [5.74, 6) is -0.651. The van der Waals surface area contributed by atoms with E-state index >= 15 is 0 Å². The van der Waals surface area contributed by atoms with Gasteiger partial charge in [0.05, 0.1) is 23.6 Å². The molecule has 0 fully saturated rings. The first-order valence-electron chi connectivity index (χ1n) is 5.78. The summed E-state index contributed by atoms with van der Waals surface area (Å²) in [6.45, 7) is -1.07. The van der Waals surface area contributed by atoms with E-state index in [-0.39, 0.29) is 21.3 Å². The third kappa shape index (κ3) is 8.13. The Kier molecular flexibility index (Phi) is 7.04. The standard InChI is InChI=1S/C10H13BrClNO8S2/c1-22(15,16)20-5-6(21-23(2,17)18)4-19-10-9(14)7(11)3-8(12)13-10/h3,6,14H,4-5H2,1-2H3/t6-/m0/s1. The zero-order valence-electron chi connectivity index (χ0n) is 11.9. The molecule has 0 saturated heterocycles. The molecule has 1 rings (SSSR count). The van der Waals surface area contributed by atoms with Gasteiger partial charge < -0.3 is 9.84 Å². The van der Waals surface area contributed by atoms with E-state index < -0.39 is 39.6 Å². The van der Waals surface area contributed by atoms with E-state index in [2.05, 4.69) is 29.3 Å². The van der Waals surface area contributed by atoms with Crippen LogP contribution in [0, 0.1) is 0 Å². The Hall–Kier alpha value is -0.660. The lowest BCUT2D eigenvalue weighted by Crippen LogP contribution is -2.30. The highest BCUT2D eigenvalue weighted by molar-refractivity contribution is 9.10. The van der Waals surface area contributed by atoms with E-state index in [4.69, 9.17) is 16.3 Å². The second-order valence-electron chi connectivity index (χ2n) is 4.30. The third-order valence-corrected chi connectivity index (χ3v) is 4.05. The zero-order chi connectivity index (χ0) is 17.8. The van der Waals surface area contributed by atoms with Crippen LogP contribution < -0.4 is 4.74 Å². The quantitative estimate of drug-likeness (QED) is 0.450. The lowest BCUT2D eigenvalue weighted by molar-refractivity contribution is 0.0864. The Balaban J connectivity index is 2.85. The minimum Gasteiger partial charge on any atom is -0.502 e. The molecule has 0 radical (unpaired) electrons. The molecule has 13 heteroatoms. The van der Waals surface area contributed by atoms with E-state index in [0.29, 0.717) is 0 Å². The summed E-state index contributed by atoms with van der Waals surface area (Å²) in [6, 6.07) is 1.32. The van der Waals surface area contributed by atoms with Crippen LogP contribution >= 0.6 is 27.5 Å². The predicted molar refractivity (Wildman–Crippen MR) is 84.6 cm³/mol. The van der Waals surface area contributed by atoms with Crippen molar-refractivity contribution in [2.75, 3.05) is 25.7 Å². The zero-order valence-corrected chi connectivity index (χ0v) is 15.9. The van der Waals surface area contributed by atoms with Gasteiger partial charge in [0.1, 0.15) is 17.9 Å². The molecule has 0 bridgehead atoms. The van der Waals surface area contributed by atoms with Gasteiger partial charge in [-0.05, 0) is 22.0 Å². The van der Waals surface area contributed by atoms with Gasteiger partial charge in [0.2, 0.25) is 0 Å². The van der Waals surface area contributed by atoms with Gasteiger partial charge in [-0.1, -0.05) is 11.6 Å². The molecule has 0 aliphatic rings. The van der Waals surface area contributed by atoms with Crippen LogP contribution in [0.1, 0.15) is 0 Å². The maximum absolute atomic E-state index is 11.2. The SMILES string of the molecule is CS(=O)(=O)OC[C@H](COc1nc(Cl)cc(Br)c1O)OS(C)(=O)=O. The minimum absolute atomic E-state index is 0.0117.